The maximum Gasteiger partial charge on any atom is 0.251 e. The lowest BCUT2D eigenvalue weighted by Crippen LogP contribution is -2.37. The molecule has 0 radical (unpaired) electrons. The Kier molecular flexibility index (Phi) is 5.68. The van der Waals surface area contributed by atoms with Gasteiger partial charge in [0.05, 0.1) is 0 Å². The Labute approximate surface area is 141 Å². The first-order valence-electron chi connectivity index (χ1n) is 7.77. The average Bonchev–Trinajstić information content (AvgIpc) is 2.50. The fourth-order valence-corrected chi connectivity index (χ4v) is 2.56. The number of aryl methyl sites for hydroxylation is 2. The van der Waals surface area contributed by atoms with Crippen molar-refractivity contribution in [2.75, 3.05) is 18.0 Å². The number of carbonyl (C=O) groups excluding carboxylic acids is 2. The number of halogens is 1. The molecule has 0 heterocycles. The molecule has 126 valence electrons. The predicted molar refractivity (Wildman–Crippen MR) is 92.7 cm³/mol. The van der Waals surface area contributed by atoms with Crippen LogP contribution < -0.4 is 10.2 Å². The van der Waals surface area contributed by atoms with E-state index in [0.717, 1.165) is 16.8 Å². The van der Waals surface area contributed by atoms with Crippen molar-refractivity contribution >= 4 is 17.5 Å². The van der Waals surface area contributed by atoms with Gasteiger partial charge in [-0.25, -0.2) is 4.39 Å². The average molecular weight is 328 g/mol. The van der Waals surface area contributed by atoms with Crippen LogP contribution in [0.1, 0.15) is 28.4 Å². The quantitative estimate of drug-likeness (QED) is 0.916. The summed E-state index contributed by atoms with van der Waals surface area (Å²) in [6.07, 6.45) is 0. The largest absolute Gasteiger partial charge is 0.350 e. The Morgan fingerprint density at radius 1 is 1.04 bits per heavy atom. The standard InChI is InChI=1S/C19H21FN2O2/c1-13-10-14(2)12-18(11-13)22(15(3)23)9-8-21-19(24)16-4-6-17(20)7-5-16/h4-7,10-12H,8-9H2,1-3H3,(H,21,24). The number of benzene rings is 2. The number of nitrogens with zero attached hydrogens (tertiary/aromatic N) is 1. The summed E-state index contributed by atoms with van der Waals surface area (Å²) in [5.41, 5.74) is 3.35. The molecule has 0 aliphatic carbocycles. The van der Waals surface area contributed by atoms with Crippen molar-refractivity contribution in [2.24, 2.45) is 0 Å². The third-order valence-electron chi connectivity index (χ3n) is 3.63. The monoisotopic (exact) mass is 328 g/mol. The predicted octanol–water partition coefficient (Wildman–Crippen LogP) is 3.23. The van der Waals surface area contributed by atoms with E-state index in [1.807, 2.05) is 32.0 Å². The Morgan fingerprint density at radius 3 is 2.17 bits per heavy atom. The molecule has 0 saturated heterocycles. The lowest BCUT2D eigenvalue weighted by Gasteiger charge is -2.22. The molecule has 2 aromatic carbocycles. The fourth-order valence-electron chi connectivity index (χ4n) is 2.56. The van der Waals surface area contributed by atoms with E-state index in [2.05, 4.69) is 5.32 Å². The van der Waals surface area contributed by atoms with Gasteiger partial charge in [-0.1, -0.05) is 6.07 Å². The molecule has 0 spiro atoms. The highest BCUT2D eigenvalue weighted by Gasteiger charge is 2.13. The van der Waals surface area contributed by atoms with Crippen molar-refractivity contribution in [2.45, 2.75) is 20.8 Å². The second-order valence-corrected chi connectivity index (χ2v) is 5.78. The molecular weight excluding hydrogens is 307 g/mol. The minimum atomic E-state index is -0.385. The molecular formula is C19H21FN2O2. The molecule has 2 rings (SSSR count). The van der Waals surface area contributed by atoms with E-state index in [1.165, 1.54) is 31.2 Å². The van der Waals surface area contributed by atoms with Gasteiger partial charge in [-0.3, -0.25) is 9.59 Å². The van der Waals surface area contributed by atoms with Crippen LogP contribution in [0.3, 0.4) is 0 Å². The summed E-state index contributed by atoms with van der Waals surface area (Å²) in [5, 5.41) is 2.75. The topological polar surface area (TPSA) is 49.4 Å². The van der Waals surface area contributed by atoms with Crippen LogP contribution in [0.25, 0.3) is 0 Å². The highest BCUT2D eigenvalue weighted by molar-refractivity contribution is 5.94. The lowest BCUT2D eigenvalue weighted by molar-refractivity contribution is -0.116. The SMILES string of the molecule is CC(=O)N(CCNC(=O)c1ccc(F)cc1)c1cc(C)cc(C)c1. The molecule has 0 aliphatic rings. The van der Waals surface area contributed by atoms with Crippen molar-refractivity contribution in [3.8, 4) is 0 Å². The van der Waals surface area contributed by atoms with Gasteiger partial charge in [-0.05, 0) is 61.4 Å². The summed E-state index contributed by atoms with van der Waals surface area (Å²) in [6.45, 7) is 6.13. The van der Waals surface area contributed by atoms with Crippen LogP contribution in [0, 0.1) is 19.7 Å². The van der Waals surface area contributed by atoms with Gasteiger partial charge < -0.3 is 10.2 Å². The second-order valence-electron chi connectivity index (χ2n) is 5.78. The number of hydrogen-bond donors (Lipinski definition) is 1. The van der Waals surface area contributed by atoms with E-state index in [1.54, 1.807) is 4.90 Å². The highest BCUT2D eigenvalue weighted by Crippen LogP contribution is 2.18. The summed E-state index contributed by atoms with van der Waals surface area (Å²) < 4.78 is 12.9. The summed E-state index contributed by atoms with van der Waals surface area (Å²) in [6, 6.07) is 11.3. The first-order chi connectivity index (χ1) is 11.4. The number of rotatable bonds is 5. The van der Waals surface area contributed by atoms with Crippen LogP contribution in [0.15, 0.2) is 42.5 Å². The van der Waals surface area contributed by atoms with Gasteiger partial charge in [0.15, 0.2) is 0 Å². The van der Waals surface area contributed by atoms with Gasteiger partial charge in [0.1, 0.15) is 5.82 Å². The summed E-state index contributed by atoms with van der Waals surface area (Å²) in [5.74, 6) is -0.765. The minimum absolute atomic E-state index is 0.0870. The molecule has 24 heavy (non-hydrogen) atoms. The number of hydrogen-bond acceptors (Lipinski definition) is 2. The van der Waals surface area contributed by atoms with Crippen molar-refractivity contribution < 1.29 is 14.0 Å². The number of anilines is 1. The molecule has 4 nitrogen and oxygen atoms in total. The van der Waals surface area contributed by atoms with E-state index < -0.39 is 0 Å². The molecule has 0 bridgehead atoms. The van der Waals surface area contributed by atoms with Crippen LogP contribution >= 0.6 is 0 Å². The zero-order valence-electron chi connectivity index (χ0n) is 14.1. The normalized spacial score (nSPS) is 10.3. The molecule has 0 saturated carbocycles. The Bertz CT molecular complexity index is 721. The summed E-state index contributed by atoms with van der Waals surface area (Å²) in [7, 11) is 0. The molecule has 2 aromatic rings. The molecule has 0 atom stereocenters. The van der Waals surface area contributed by atoms with Gasteiger partial charge >= 0.3 is 0 Å². The Hall–Kier alpha value is -2.69. The van der Waals surface area contributed by atoms with Crippen LogP contribution in [0.4, 0.5) is 10.1 Å². The van der Waals surface area contributed by atoms with Crippen molar-refractivity contribution in [1.82, 2.24) is 5.32 Å². The second kappa shape index (κ2) is 7.73. The first-order valence-corrected chi connectivity index (χ1v) is 7.77. The van der Waals surface area contributed by atoms with Crippen molar-refractivity contribution in [1.29, 1.82) is 0 Å². The Morgan fingerprint density at radius 2 is 1.62 bits per heavy atom. The van der Waals surface area contributed by atoms with E-state index in [4.69, 9.17) is 0 Å². The molecule has 1 N–H and O–H groups in total. The number of carbonyl (C=O) groups is 2. The van der Waals surface area contributed by atoms with Gasteiger partial charge in [0.2, 0.25) is 5.91 Å². The number of amides is 2. The molecule has 5 heteroatoms. The Balaban J connectivity index is 2.00. The van der Waals surface area contributed by atoms with E-state index in [9.17, 15) is 14.0 Å². The van der Waals surface area contributed by atoms with E-state index in [-0.39, 0.29) is 17.6 Å². The highest BCUT2D eigenvalue weighted by atomic mass is 19.1. The lowest BCUT2D eigenvalue weighted by atomic mass is 10.1. The first kappa shape index (κ1) is 17.7. The zero-order chi connectivity index (χ0) is 17.7. The van der Waals surface area contributed by atoms with Crippen LogP contribution in [0.2, 0.25) is 0 Å². The third kappa shape index (κ3) is 4.65. The van der Waals surface area contributed by atoms with Crippen LogP contribution in [-0.2, 0) is 4.79 Å². The summed E-state index contributed by atoms with van der Waals surface area (Å²) >= 11 is 0. The van der Waals surface area contributed by atoms with Gasteiger partial charge in [0, 0.05) is 31.3 Å². The smallest absolute Gasteiger partial charge is 0.251 e. The zero-order valence-corrected chi connectivity index (χ0v) is 14.1. The van der Waals surface area contributed by atoms with Gasteiger partial charge in [-0.2, -0.15) is 0 Å². The van der Waals surface area contributed by atoms with E-state index in [0.29, 0.717) is 18.7 Å². The van der Waals surface area contributed by atoms with E-state index >= 15 is 0 Å². The minimum Gasteiger partial charge on any atom is -0.350 e. The van der Waals surface area contributed by atoms with Crippen molar-refractivity contribution in [3.63, 3.8) is 0 Å². The van der Waals surface area contributed by atoms with Crippen molar-refractivity contribution in [3.05, 3.63) is 65.0 Å². The molecule has 0 aliphatic heterocycles. The molecule has 0 unspecified atom stereocenters. The molecule has 0 fully saturated rings. The third-order valence-corrected chi connectivity index (χ3v) is 3.63. The van der Waals surface area contributed by atoms with Crippen LogP contribution in [-0.4, -0.2) is 24.9 Å². The van der Waals surface area contributed by atoms with Gasteiger partial charge in [-0.15, -0.1) is 0 Å². The number of nitrogens with one attached hydrogen (secondary N) is 1. The maximum absolute atomic E-state index is 12.9. The van der Waals surface area contributed by atoms with Gasteiger partial charge in [0.25, 0.3) is 5.91 Å². The summed E-state index contributed by atoms with van der Waals surface area (Å²) in [4.78, 5) is 25.6. The molecule has 2 amide bonds. The molecule has 0 aromatic heterocycles. The maximum atomic E-state index is 12.9. The fraction of sp³-hybridized carbons (Fsp3) is 0.263. The van der Waals surface area contributed by atoms with Crippen LogP contribution in [0.5, 0.6) is 0 Å².